The Bertz CT molecular complexity index is 212. The summed E-state index contributed by atoms with van der Waals surface area (Å²) >= 11 is 0. The predicted molar refractivity (Wildman–Crippen MR) is 37.5 cm³/mol. The fourth-order valence-corrected chi connectivity index (χ4v) is 0.456. The Labute approximate surface area is 69.1 Å². The number of aromatic nitrogens is 2. The molecule has 1 aromatic rings. The maximum absolute atomic E-state index is 10.7. The number of halogens is 1. The minimum atomic E-state index is -0.559. The fourth-order valence-electron chi connectivity index (χ4n) is 0.456. The van der Waals surface area contributed by atoms with E-state index >= 15 is 0 Å². The highest BCUT2D eigenvalue weighted by molar-refractivity contribution is 5.85. The summed E-state index contributed by atoms with van der Waals surface area (Å²) in [7, 11) is 0. The van der Waals surface area contributed by atoms with Crippen LogP contribution < -0.4 is 0 Å². The van der Waals surface area contributed by atoms with Crippen LogP contribution in [0.2, 0.25) is 0 Å². The van der Waals surface area contributed by atoms with Crippen molar-refractivity contribution in [3.8, 4) is 0 Å². The van der Waals surface area contributed by atoms with Crippen LogP contribution in [-0.4, -0.2) is 22.7 Å². The number of rotatable bonds is 2. The molecule has 6 heteroatoms. The van der Waals surface area contributed by atoms with Gasteiger partial charge in [0, 0.05) is 0 Å². The van der Waals surface area contributed by atoms with Gasteiger partial charge in [-0.05, 0) is 6.92 Å². The first-order chi connectivity index (χ1) is 4.84. The molecule has 0 atom stereocenters. The van der Waals surface area contributed by atoms with E-state index in [-0.39, 0.29) is 18.2 Å². The highest BCUT2D eigenvalue weighted by Gasteiger charge is 2.10. The van der Waals surface area contributed by atoms with E-state index in [1.807, 2.05) is 0 Å². The zero-order valence-corrected chi connectivity index (χ0v) is 6.63. The molecular weight excluding hydrogens is 172 g/mol. The molecule has 0 spiro atoms. The van der Waals surface area contributed by atoms with Crippen LogP contribution >= 0.6 is 12.4 Å². The van der Waals surface area contributed by atoms with Crippen LogP contribution in [0.15, 0.2) is 10.9 Å². The second kappa shape index (κ2) is 4.68. The van der Waals surface area contributed by atoms with Gasteiger partial charge >= 0.3 is 5.97 Å². The lowest BCUT2D eigenvalue weighted by molar-refractivity contribution is 0.0508. The summed E-state index contributed by atoms with van der Waals surface area (Å²) in [6, 6.07) is 0. The lowest BCUT2D eigenvalue weighted by Crippen LogP contribution is -2.06. The number of hydrogen-bond acceptors (Lipinski definition) is 5. The van der Waals surface area contributed by atoms with Crippen molar-refractivity contribution < 1.29 is 14.1 Å². The zero-order chi connectivity index (χ0) is 7.40. The van der Waals surface area contributed by atoms with Gasteiger partial charge in [-0.3, -0.25) is 0 Å². The molecule has 0 aliphatic carbocycles. The zero-order valence-electron chi connectivity index (χ0n) is 5.81. The van der Waals surface area contributed by atoms with Crippen molar-refractivity contribution in [2.24, 2.45) is 0 Å². The van der Waals surface area contributed by atoms with E-state index in [1.54, 1.807) is 6.92 Å². The fraction of sp³-hybridized carbons (Fsp3) is 0.400. The normalized spacial score (nSPS) is 8.45. The average molecular weight is 179 g/mol. The number of hydrogen-bond donors (Lipinski definition) is 0. The summed E-state index contributed by atoms with van der Waals surface area (Å²) < 4.78 is 8.88. The van der Waals surface area contributed by atoms with Crippen LogP contribution in [0.3, 0.4) is 0 Å². The minimum absolute atomic E-state index is 0. The van der Waals surface area contributed by atoms with Gasteiger partial charge in [0.2, 0.25) is 6.39 Å². The van der Waals surface area contributed by atoms with E-state index in [2.05, 4.69) is 19.4 Å². The second-order valence-corrected chi connectivity index (χ2v) is 1.48. The summed E-state index contributed by atoms with van der Waals surface area (Å²) in [5, 5.41) is 3.27. The summed E-state index contributed by atoms with van der Waals surface area (Å²) in [6.07, 6.45) is 1.08. The topological polar surface area (TPSA) is 65.2 Å². The molecule has 0 unspecified atom stereocenters. The summed E-state index contributed by atoms with van der Waals surface area (Å²) in [5.74, 6) is -0.599. The van der Waals surface area contributed by atoms with Crippen LogP contribution in [-0.2, 0) is 4.74 Å². The van der Waals surface area contributed by atoms with E-state index in [0.717, 1.165) is 6.39 Å². The molecule has 0 fully saturated rings. The highest BCUT2D eigenvalue weighted by atomic mass is 35.5. The number of nitrogens with zero attached hydrogens (tertiary/aromatic N) is 2. The third kappa shape index (κ3) is 2.55. The Morgan fingerprint density at radius 1 is 1.82 bits per heavy atom. The molecule has 0 radical (unpaired) electrons. The maximum Gasteiger partial charge on any atom is 0.379 e. The lowest BCUT2D eigenvalue weighted by atomic mass is 10.6. The van der Waals surface area contributed by atoms with Gasteiger partial charge in [-0.25, -0.2) is 4.79 Å². The van der Waals surface area contributed by atoms with Gasteiger partial charge in [0.1, 0.15) is 0 Å². The summed E-state index contributed by atoms with van der Waals surface area (Å²) in [6.45, 7) is 2.02. The molecule has 1 heterocycles. The van der Waals surface area contributed by atoms with Crippen LogP contribution in [0.5, 0.6) is 0 Å². The summed E-state index contributed by atoms with van der Waals surface area (Å²) in [4.78, 5) is 14.2. The second-order valence-electron chi connectivity index (χ2n) is 1.48. The largest absolute Gasteiger partial charge is 0.460 e. The van der Waals surface area contributed by atoms with Gasteiger partial charge in [0.25, 0.3) is 5.82 Å². The maximum atomic E-state index is 10.7. The average Bonchev–Trinajstić information content (AvgIpc) is 2.38. The van der Waals surface area contributed by atoms with Gasteiger partial charge < -0.3 is 9.26 Å². The van der Waals surface area contributed by atoms with Crippen LogP contribution in [0.25, 0.3) is 0 Å². The van der Waals surface area contributed by atoms with E-state index in [4.69, 9.17) is 0 Å². The van der Waals surface area contributed by atoms with Gasteiger partial charge in [0.15, 0.2) is 0 Å². The van der Waals surface area contributed by atoms with Gasteiger partial charge in [-0.1, -0.05) is 5.16 Å². The Balaban J connectivity index is 0.000001000. The Hall–Kier alpha value is -1.10. The van der Waals surface area contributed by atoms with Crippen molar-refractivity contribution in [2.45, 2.75) is 6.92 Å². The van der Waals surface area contributed by atoms with Crippen LogP contribution in [0.4, 0.5) is 0 Å². The Morgan fingerprint density at radius 2 is 2.55 bits per heavy atom. The molecule has 62 valence electrons. The molecule has 0 saturated heterocycles. The molecular formula is C5H7ClN2O3. The molecule has 11 heavy (non-hydrogen) atoms. The highest BCUT2D eigenvalue weighted by Crippen LogP contribution is 1.91. The molecule has 0 amide bonds. The first kappa shape index (κ1) is 9.90. The number of ether oxygens (including phenoxy) is 1. The van der Waals surface area contributed by atoms with E-state index in [9.17, 15) is 4.79 Å². The monoisotopic (exact) mass is 178 g/mol. The molecule has 1 aromatic heterocycles. The quantitative estimate of drug-likeness (QED) is 0.623. The van der Waals surface area contributed by atoms with Crippen molar-refractivity contribution in [1.29, 1.82) is 0 Å². The third-order valence-corrected chi connectivity index (χ3v) is 0.819. The molecule has 0 aromatic carbocycles. The molecule has 1 rings (SSSR count). The van der Waals surface area contributed by atoms with Crippen molar-refractivity contribution in [2.75, 3.05) is 6.61 Å². The Kier molecular flexibility index (Phi) is 4.21. The summed E-state index contributed by atoms with van der Waals surface area (Å²) in [5.41, 5.74) is 0. The van der Waals surface area contributed by atoms with E-state index in [0.29, 0.717) is 6.61 Å². The smallest absolute Gasteiger partial charge is 0.379 e. The van der Waals surface area contributed by atoms with Crippen molar-refractivity contribution in [3.63, 3.8) is 0 Å². The third-order valence-electron chi connectivity index (χ3n) is 0.819. The van der Waals surface area contributed by atoms with Gasteiger partial charge in [-0.2, -0.15) is 4.98 Å². The molecule has 0 aliphatic rings. The molecule has 0 N–H and O–H groups in total. The molecule has 0 aliphatic heterocycles. The van der Waals surface area contributed by atoms with Crippen LogP contribution in [0.1, 0.15) is 17.5 Å². The molecule has 0 saturated carbocycles. The van der Waals surface area contributed by atoms with Crippen molar-refractivity contribution >= 4 is 18.4 Å². The van der Waals surface area contributed by atoms with Crippen LogP contribution in [0, 0.1) is 0 Å². The minimum Gasteiger partial charge on any atom is -0.460 e. The Morgan fingerprint density at radius 3 is 3.00 bits per heavy atom. The van der Waals surface area contributed by atoms with E-state index < -0.39 is 5.97 Å². The van der Waals surface area contributed by atoms with E-state index in [1.165, 1.54) is 0 Å². The first-order valence-electron chi connectivity index (χ1n) is 2.78. The lowest BCUT2D eigenvalue weighted by Gasteiger charge is -1.92. The standard InChI is InChI=1S/C5H6N2O3.ClH/c1-2-9-5(8)4-6-3-10-7-4;/h3H,2H2,1H3;1H. The first-order valence-corrected chi connectivity index (χ1v) is 2.78. The number of esters is 1. The van der Waals surface area contributed by atoms with Gasteiger partial charge in [0.05, 0.1) is 6.61 Å². The number of carbonyl (C=O) groups is 1. The van der Waals surface area contributed by atoms with Gasteiger partial charge in [-0.15, -0.1) is 12.4 Å². The number of carbonyl (C=O) groups excluding carboxylic acids is 1. The SMILES string of the molecule is CCOC(=O)c1ncon1.Cl. The van der Waals surface area contributed by atoms with Crippen molar-refractivity contribution in [3.05, 3.63) is 12.2 Å². The molecule has 5 nitrogen and oxygen atoms in total. The molecule has 0 bridgehead atoms. The van der Waals surface area contributed by atoms with Crippen molar-refractivity contribution in [1.82, 2.24) is 10.1 Å². The predicted octanol–water partition coefficient (Wildman–Crippen LogP) is 0.668.